The smallest absolute Gasteiger partial charge is 0.129 e. The van der Waals surface area contributed by atoms with E-state index in [-0.39, 0.29) is 18.1 Å². The Hall–Kier alpha value is -2.07. The largest absolute Gasteiger partial charge is 0.508 e. The summed E-state index contributed by atoms with van der Waals surface area (Å²) in [6.45, 7) is 0.130. The van der Waals surface area contributed by atoms with Crippen LogP contribution in [0.25, 0.3) is 0 Å². The number of nitrogens with two attached hydrogens (primary N) is 1. The molecule has 0 atom stereocenters. The third-order valence-electron chi connectivity index (χ3n) is 2.88. The average molecular weight is 246 g/mol. The van der Waals surface area contributed by atoms with Gasteiger partial charge in [-0.25, -0.2) is 4.39 Å². The van der Waals surface area contributed by atoms with E-state index in [9.17, 15) is 9.50 Å². The molecule has 0 heterocycles. The van der Waals surface area contributed by atoms with Crippen LogP contribution in [0.4, 0.5) is 15.8 Å². The number of aromatic hydroxyl groups is 1. The minimum atomic E-state index is -0.318. The summed E-state index contributed by atoms with van der Waals surface area (Å²) >= 11 is 0. The topological polar surface area (TPSA) is 49.5 Å². The highest BCUT2D eigenvalue weighted by molar-refractivity contribution is 5.66. The lowest BCUT2D eigenvalue weighted by Crippen LogP contribution is -2.14. The Labute approximate surface area is 105 Å². The summed E-state index contributed by atoms with van der Waals surface area (Å²) in [6.07, 6.45) is 0. The summed E-state index contributed by atoms with van der Waals surface area (Å²) < 4.78 is 13.6. The third-order valence-corrected chi connectivity index (χ3v) is 2.88. The first-order valence-electron chi connectivity index (χ1n) is 5.63. The minimum absolute atomic E-state index is 0.130. The Morgan fingerprint density at radius 2 is 1.94 bits per heavy atom. The first-order valence-corrected chi connectivity index (χ1v) is 5.63. The van der Waals surface area contributed by atoms with Crippen molar-refractivity contribution in [1.82, 2.24) is 0 Å². The van der Waals surface area contributed by atoms with Crippen LogP contribution in [0.1, 0.15) is 5.56 Å². The lowest BCUT2D eigenvalue weighted by Gasteiger charge is -2.22. The Balaban J connectivity index is 2.46. The van der Waals surface area contributed by atoms with Gasteiger partial charge in [-0.2, -0.15) is 0 Å². The average Bonchev–Trinajstić information content (AvgIpc) is 2.37. The number of rotatable bonds is 3. The van der Waals surface area contributed by atoms with Crippen LogP contribution in [0, 0.1) is 5.82 Å². The van der Waals surface area contributed by atoms with E-state index in [2.05, 4.69) is 0 Å². The van der Waals surface area contributed by atoms with Crippen molar-refractivity contribution in [3.05, 3.63) is 53.8 Å². The molecule has 18 heavy (non-hydrogen) atoms. The molecule has 0 saturated carbocycles. The maximum absolute atomic E-state index is 13.6. The maximum atomic E-state index is 13.6. The van der Waals surface area contributed by atoms with Gasteiger partial charge in [0.15, 0.2) is 0 Å². The van der Waals surface area contributed by atoms with Crippen LogP contribution in [0.2, 0.25) is 0 Å². The lowest BCUT2D eigenvalue weighted by molar-refractivity contribution is 0.475. The molecule has 0 radical (unpaired) electrons. The molecule has 0 bridgehead atoms. The first-order chi connectivity index (χ1) is 8.63. The fourth-order valence-corrected chi connectivity index (χ4v) is 1.90. The molecule has 0 spiro atoms. The number of benzene rings is 2. The Kier molecular flexibility index (Phi) is 3.48. The number of anilines is 2. The van der Waals surface area contributed by atoms with Crippen molar-refractivity contribution < 1.29 is 9.50 Å². The summed E-state index contributed by atoms with van der Waals surface area (Å²) in [4.78, 5) is 1.80. The highest BCUT2D eigenvalue weighted by Gasteiger charge is 2.12. The SMILES string of the molecule is CN(c1cccc(O)c1)c1cccc(F)c1CN. The highest BCUT2D eigenvalue weighted by Crippen LogP contribution is 2.29. The molecule has 4 heteroatoms. The van der Waals surface area contributed by atoms with E-state index in [1.54, 1.807) is 35.2 Å². The second kappa shape index (κ2) is 5.06. The number of nitrogens with zero attached hydrogens (tertiary/aromatic N) is 1. The molecule has 0 fully saturated rings. The number of phenolic OH excluding ortho intramolecular Hbond substituents is 1. The van der Waals surface area contributed by atoms with E-state index in [4.69, 9.17) is 5.73 Å². The van der Waals surface area contributed by atoms with Crippen LogP contribution in [0.5, 0.6) is 5.75 Å². The van der Waals surface area contributed by atoms with Gasteiger partial charge in [0, 0.05) is 36.6 Å². The monoisotopic (exact) mass is 246 g/mol. The van der Waals surface area contributed by atoms with Gasteiger partial charge in [0.2, 0.25) is 0 Å². The van der Waals surface area contributed by atoms with Gasteiger partial charge >= 0.3 is 0 Å². The van der Waals surface area contributed by atoms with Crippen molar-refractivity contribution in [2.45, 2.75) is 6.54 Å². The molecule has 2 aromatic rings. The molecule has 94 valence electrons. The van der Waals surface area contributed by atoms with Crippen molar-refractivity contribution in [3.8, 4) is 5.75 Å². The third kappa shape index (κ3) is 2.28. The first kappa shape index (κ1) is 12.4. The molecule has 0 aromatic heterocycles. The number of halogens is 1. The predicted octanol–water partition coefficient (Wildman–Crippen LogP) is 2.76. The van der Waals surface area contributed by atoms with Crippen LogP contribution >= 0.6 is 0 Å². The Morgan fingerprint density at radius 1 is 1.22 bits per heavy atom. The summed E-state index contributed by atoms with van der Waals surface area (Å²) in [5, 5.41) is 9.46. The predicted molar refractivity (Wildman–Crippen MR) is 70.5 cm³/mol. The van der Waals surface area contributed by atoms with Crippen LogP contribution in [0.3, 0.4) is 0 Å². The van der Waals surface area contributed by atoms with Gasteiger partial charge in [0.05, 0.1) is 0 Å². The normalized spacial score (nSPS) is 10.4. The van der Waals surface area contributed by atoms with Gasteiger partial charge in [-0.1, -0.05) is 12.1 Å². The molecule has 3 nitrogen and oxygen atoms in total. The zero-order chi connectivity index (χ0) is 13.1. The van der Waals surface area contributed by atoms with Crippen LogP contribution in [-0.2, 0) is 6.54 Å². The standard InChI is InChI=1S/C14H15FN2O/c1-17(10-4-2-5-11(18)8-10)14-7-3-6-13(15)12(14)9-16/h2-8,18H,9,16H2,1H3. The van der Waals surface area contributed by atoms with Gasteiger partial charge in [0.25, 0.3) is 0 Å². The maximum Gasteiger partial charge on any atom is 0.129 e. The highest BCUT2D eigenvalue weighted by atomic mass is 19.1. The second-order valence-electron chi connectivity index (χ2n) is 4.02. The Morgan fingerprint density at radius 3 is 2.61 bits per heavy atom. The molecule has 0 aliphatic rings. The minimum Gasteiger partial charge on any atom is -0.508 e. The molecule has 0 saturated heterocycles. The lowest BCUT2D eigenvalue weighted by atomic mass is 10.1. The molecule has 0 unspecified atom stereocenters. The van der Waals surface area contributed by atoms with E-state index in [0.717, 1.165) is 5.69 Å². The van der Waals surface area contributed by atoms with E-state index >= 15 is 0 Å². The van der Waals surface area contributed by atoms with E-state index in [1.807, 2.05) is 13.1 Å². The van der Waals surface area contributed by atoms with Crippen molar-refractivity contribution in [3.63, 3.8) is 0 Å². The molecule has 0 aliphatic carbocycles. The van der Waals surface area contributed by atoms with E-state index in [1.165, 1.54) is 6.07 Å². The number of phenols is 1. The van der Waals surface area contributed by atoms with Gasteiger partial charge in [0.1, 0.15) is 11.6 Å². The molecule has 0 aliphatic heterocycles. The Bertz CT molecular complexity index is 557. The molecular weight excluding hydrogens is 231 g/mol. The van der Waals surface area contributed by atoms with Crippen molar-refractivity contribution in [1.29, 1.82) is 0 Å². The molecule has 0 amide bonds. The molecule has 2 aromatic carbocycles. The van der Waals surface area contributed by atoms with Crippen LogP contribution in [0.15, 0.2) is 42.5 Å². The summed E-state index contributed by atoms with van der Waals surface area (Å²) in [5.74, 6) is -0.146. The molecule has 2 rings (SSSR count). The fourth-order valence-electron chi connectivity index (χ4n) is 1.90. The molecule has 3 N–H and O–H groups in total. The van der Waals surface area contributed by atoms with Crippen LogP contribution in [-0.4, -0.2) is 12.2 Å². The van der Waals surface area contributed by atoms with Gasteiger partial charge in [-0.15, -0.1) is 0 Å². The number of hydrogen-bond acceptors (Lipinski definition) is 3. The summed E-state index contributed by atoms with van der Waals surface area (Å²) in [6, 6.07) is 11.6. The zero-order valence-corrected chi connectivity index (χ0v) is 10.1. The summed E-state index contributed by atoms with van der Waals surface area (Å²) in [5.41, 5.74) is 7.51. The summed E-state index contributed by atoms with van der Waals surface area (Å²) in [7, 11) is 1.81. The van der Waals surface area contributed by atoms with E-state index in [0.29, 0.717) is 11.3 Å². The van der Waals surface area contributed by atoms with Crippen LogP contribution < -0.4 is 10.6 Å². The van der Waals surface area contributed by atoms with Crippen molar-refractivity contribution in [2.24, 2.45) is 5.73 Å². The van der Waals surface area contributed by atoms with Gasteiger partial charge in [-0.05, 0) is 24.3 Å². The van der Waals surface area contributed by atoms with Gasteiger partial charge in [-0.3, -0.25) is 0 Å². The van der Waals surface area contributed by atoms with Gasteiger partial charge < -0.3 is 15.7 Å². The second-order valence-corrected chi connectivity index (χ2v) is 4.02. The van der Waals surface area contributed by atoms with Crippen molar-refractivity contribution >= 4 is 11.4 Å². The quantitative estimate of drug-likeness (QED) is 0.875. The number of hydrogen-bond donors (Lipinski definition) is 2. The van der Waals surface area contributed by atoms with Crippen molar-refractivity contribution in [2.75, 3.05) is 11.9 Å². The van der Waals surface area contributed by atoms with E-state index < -0.39 is 0 Å². The zero-order valence-electron chi connectivity index (χ0n) is 10.1. The fraction of sp³-hybridized carbons (Fsp3) is 0.143. The molecular formula is C14H15FN2O.